The normalized spacial score (nSPS) is 11.5. The number of nitrogens with one attached hydrogen (secondary N) is 1. The van der Waals surface area contributed by atoms with Crippen molar-refractivity contribution in [2.75, 3.05) is 6.61 Å². The number of ether oxygens (including phenoxy) is 1. The molecule has 0 saturated heterocycles. The molecule has 0 aliphatic heterocycles. The molecule has 0 heterocycles. The number of hydrogen-bond donors (Lipinski definition) is 2. The van der Waals surface area contributed by atoms with Crippen molar-refractivity contribution in [3.8, 4) is 5.75 Å². The van der Waals surface area contributed by atoms with Gasteiger partial charge >= 0.3 is 5.97 Å². The fourth-order valence-corrected chi connectivity index (χ4v) is 2.30. The molecule has 2 rings (SSSR count). The second kappa shape index (κ2) is 8.72. The second-order valence-corrected chi connectivity index (χ2v) is 5.42. The van der Waals surface area contributed by atoms with Gasteiger partial charge in [-0.15, -0.1) is 0 Å². The molecule has 1 amide bonds. The molecule has 0 radical (unpaired) electrons. The predicted molar refractivity (Wildman–Crippen MR) is 90.9 cm³/mol. The number of aliphatic carboxylic acids is 1. The van der Waals surface area contributed by atoms with Crippen LogP contribution in [0.4, 0.5) is 0 Å². The zero-order chi connectivity index (χ0) is 17.4. The van der Waals surface area contributed by atoms with Gasteiger partial charge in [-0.05, 0) is 29.7 Å². The third kappa shape index (κ3) is 5.12. The first-order valence-corrected chi connectivity index (χ1v) is 7.89. The molecular formula is C19H21NO4. The Balaban J connectivity index is 2.02. The van der Waals surface area contributed by atoms with E-state index in [1.165, 1.54) is 0 Å². The van der Waals surface area contributed by atoms with Crippen LogP contribution in [0.5, 0.6) is 5.75 Å². The van der Waals surface area contributed by atoms with Crippen LogP contribution in [0.25, 0.3) is 0 Å². The number of benzene rings is 2. The highest BCUT2D eigenvalue weighted by molar-refractivity contribution is 5.85. The number of carboxylic acid groups (broad SMARTS) is 1. The van der Waals surface area contributed by atoms with Crippen LogP contribution >= 0.6 is 0 Å². The van der Waals surface area contributed by atoms with Gasteiger partial charge < -0.3 is 15.2 Å². The smallest absolute Gasteiger partial charge is 0.330 e. The highest BCUT2D eigenvalue weighted by Crippen LogP contribution is 2.16. The quantitative estimate of drug-likeness (QED) is 0.781. The molecule has 1 atom stereocenters. The van der Waals surface area contributed by atoms with E-state index in [0.717, 1.165) is 12.0 Å². The lowest BCUT2D eigenvalue weighted by Gasteiger charge is -2.15. The minimum absolute atomic E-state index is 0.0972. The van der Waals surface area contributed by atoms with E-state index in [1.54, 1.807) is 36.4 Å². The molecule has 24 heavy (non-hydrogen) atoms. The highest BCUT2D eigenvalue weighted by Gasteiger charge is 2.21. The van der Waals surface area contributed by atoms with Crippen LogP contribution in [0.2, 0.25) is 0 Å². The number of carboxylic acids is 1. The Morgan fingerprint density at radius 2 is 1.88 bits per heavy atom. The van der Waals surface area contributed by atoms with Crippen LogP contribution in [0.1, 0.15) is 30.5 Å². The number of hydrogen-bond acceptors (Lipinski definition) is 3. The molecule has 0 aliphatic carbocycles. The Labute approximate surface area is 141 Å². The number of carbonyl (C=O) groups excluding carboxylic acids is 1. The molecule has 1 unspecified atom stereocenters. The van der Waals surface area contributed by atoms with Gasteiger partial charge in [0.1, 0.15) is 5.75 Å². The average Bonchev–Trinajstić information content (AvgIpc) is 2.58. The van der Waals surface area contributed by atoms with Gasteiger partial charge in [-0.25, -0.2) is 4.79 Å². The van der Waals surface area contributed by atoms with E-state index in [9.17, 15) is 14.7 Å². The first-order valence-electron chi connectivity index (χ1n) is 7.89. The Hall–Kier alpha value is -2.82. The van der Waals surface area contributed by atoms with E-state index in [0.29, 0.717) is 17.9 Å². The summed E-state index contributed by atoms with van der Waals surface area (Å²) >= 11 is 0. The largest absolute Gasteiger partial charge is 0.494 e. The molecule has 0 fully saturated rings. The molecule has 126 valence electrons. The zero-order valence-electron chi connectivity index (χ0n) is 13.6. The molecule has 5 nitrogen and oxygen atoms in total. The average molecular weight is 327 g/mol. The maximum Gasteiger partial charge on any atom is 0.330 e. The Bertz CT molecular complexity index is 685. The molecular weight excluding hydrogens is 306 g/mol. The standard InChI is InChI=1S/C19H21NO4/c1-2-11-24-16-10-6-7-14(12-16)13-17(21)20-18(19(22)23)15-8-4-3-5-9-15/h3-10,12,18H,2,11,13H2,1H3,(H,20,21)(H,22,23). The van der Waals surface area contributed by atoms with E-state index in [1.807, 2.05) is 25.1 Å². The van der Waals surface area contributed by atoms with Crippen LogP contribution in [-0.2, 0) is 16.0 Å². The van der Waals surface area contributed by atoms with E-state index < -0.39 is 12.0 Å². The summed E-state index contributed by atoms with van der Waals surface area (Å²) in [7, 11) is 0. The first-order chi connectivity index (χ1) is 11.6. The summed E-state index contributed by atoms with van der Waals surface area (Å²) in [5.74, 6) is -0.728. The lowest BCUT2D eigenvalue weighted by molar-refractivity contribution is -0.141. The Morgan fingerprint density at radius 1 is 1.12 bits per heavy atom. The van der Waals surface area contributed by atoms with Gasteiger partial charge in [0.25, 0.3) is 0 Å². The molecule has 0 bridgehead atoms. The monoisotopic (exact) mass is 327 g/mol. The number of amides is 1. The summed E-state index contributed by atoms with van der Waals surface area (Å²) in [6.45, 7) is 2.64. The van der Waals surface area contributed by atoms with Crippen molar-refractivity contribution in [3.05, 3.63) is 65.7 Å². The number of rotatable bonds is 8. The second-order valence-electron chi connectivity index (χ2n) is 5.42. The minimum Gasteiger partial charge on any atom is -0.494 e. The van der Waals surface area contributed by atoms with Crippen molar-refractivity contribution in [1.82, 2.24) is 5.32 Å². The lowest BCUT2D eigenvalue weighted by Crippen LogP contribution is -2.34. The topological polar surface area (TPSA) is 75.6 Å². The maximum atomic E-state index is 12.2. The van der Waals surface area contributed by atoms with Gasteiger partial charge in [0.15, 0.2) is 6.04 Å². The van der Waals surface area contributed by atoms with Crippen molar-refractivity contribution >= 4 is 11.9 Å². The van der Waals surface area contributed by atoms with Gasteiger partial charge in [-0.2, -0.15) is 0 Å². The molecule has 2 N–H and O–H groups in total. The molecule has 0 spiro atoms. The lowest BCUT2D eigenvalue weighted by atomic mass is 10.1. The summed E-state index contributed by atoms with van der Waals surface area (Å²) in [5.41, 5.74) is 1.32. The third-order valence-electron chi connectivity index (χ3n) is 3.42. The Morgan fingerprint density at radius 3 is 2.54 bits per heavy atom. The van der Waals surface area contributed by atoms with Crippen LogP contribution < -0.4 is 10.1 Å². The van der Waals surface area contributed by atoms with E-state index in [4.69, 9.17) is 4.74 Å². The fraction of sp³-hybridized carbons (Fsp3) is 0.263. The molecule has 0 aromatic heterocycles. The van der Waals surface area contributed by atoms with Crippen molar-refractivity contribution in [1.29, 1.82) is 0 Å². The molecule has 0 aliphatic rings. The van der Waals surface area contributed by atoms with Gasteiger partial charge in [-0.3, -0.25) is 4.79 Å². The van der Waals surface area contributed by atoms with E-state index in [2.05, 4.69) is 5.32 Å². The maximum absolute atomic E-state index is 12.2. The van der Waals surface area contributed by atoms with Gasteiger partial charge in [0.2, 0.25) is 5.91 Å². The van der Waals surface area contributed by atoms with Gasteiger partial charge in [0, 0.05) is 0 Å². The van der Waals surface area contributed by atoms with Gasteiger partial charge in [0.05, 0.1) is 13.0 Å². The van der Waals surface area contributed by atoms with Crippen LogP contribution in [0.15, 0.2) is 54.6 Å². The summed E-state index contributed by atoms with van der Waals surface area (Å²) in [4.78, 5) is 23.6. The van der Waals surface area contributed by atoms with Crippen molar-refractivity contribution in [3.63, 3.8) is 0 Å². The van der Waals surface area contributed by atoms with Crippen LogP contribution in [0, 0.1) is 0 Å². The third-order valence-corrected chi connectivity index (χ3v) is 3.42. The SMILES string of the molecule is CCCOc1cccc(CC(=O)NC(C(=O)O)c2ccccc2)c1. The van der Waals surface area contributed by atoms with Crippen LogP contribution in [0.3, 0.4) is 0 Å². The van der Waals surface area contributed by atoms with E-state index in [-0.39, 0.29) is 12.3 Å². The zero-order valence-corrected chi connectivity index (χ0v) is 13.6. The van der Waals surface area contributed by atoms with E-state index >= 15 is 0 Å². The van der Waals surface area contributed by atoms with Gasteiger partial charge in [-0.1, -0.05) is 49.4 Å². The fourth-order valence-electron chi connectivity index (χ4n) is 2.30. The minimum atomic E-state index is -1.09. The van der Waals surface area contributed by atoms with Crippen molar-refractivity contribution in [2.45, 2.75) is 25.8 Å². The summed E-state index contributed by atoms with van der Waals surface area (Å²) in [6, 6.07) is 14.9. The first kappa shape index (κ1) is 17.5. The molecule has 2 aromatic carbocycles. The van der Waals surface area contributed by atoms with Crippen molar-refractivity contribution in [2.24, 2.45) is 0 Å². The predicted octanol–water partition coefficient (Wildman–Crippen LogP) is 2.96. The summed E-state index contributed by atoms with van der Waals surface area (Å²) in [5, 5.41) is 11.9. The number of carbonyl (C=O) groups is 2. The highest BCUT2D eigenvalue weighted by atomic mass is 16.5. The van der Waals surface area contributed by atoms with Crippen LogP contribution in [-0.4, -0.2) is 23.6 Å². The summed E-state index contributed by atoms with van der Waals surface area (Å²) in [6.07, 6.45) is 1.00. The Kier molecular flexibility index (Phi) is 6.37. The molecule has 2 aromatic rings. The summed E-state index contributed by atoms with van der Waals surface area (Å²) < 4.78 is 5.54. The molecule has 0 saturated carbocycles. The van der Waals surface area contributed by atoms with Crippen molar-refractivity contribution < 1.29 is 19.4 Å². The molecule has 5 heteroatoms.